The van der Waals surface area contributed by atoms with Crippen LogP contribution in [0.1, 0.15) is 45.4 Å². The number of nitrogens with zero attached hydrogens (tertiary/aromatic N) is 4. The second kappa shape index (κ2) is 6.92. The van der Waals surface area contributed by atoms with Crippen molar-refractivity contribution >= 4 is 17.5 Å². The molecule has 8 nitrogen and oxygen atoms in total. The normalized spacial score (nSPS) is 17.4. The van der Waals surface area contributed by atoms with E-state index in [0.717, 1.165) is 24.2 Å². The van der Waals surface area contributed by atoms with Crippen molar-refractivity contribution in [3.63, 3.8) is 0 Å². The number of carbonyl (C=O) groups is 2. The summed E-state index contributed by atoms with van der Waals surface area (Å²) in [6, 6.07) is 5.31. The predicted octanol–water partition coefficient (Wildman–Crippen LogP) is 0.989. The first kappa shape index (κ1) is 16.9. The fourth-order valence-electron chi connectivity index (χ4n) is 3.03. The van der Waals surface area contributed by atoms with Crippen molar-refractivity contribution in [1.82, 2.24) is 20.1 Å². The molecule has 1 unspecified atom stereocenters. The summed E-state index contributed by atoms with van der Waals surface area (Å²) in [5.74, 6) is -0.527. The van der Waals surface area contributed by atoms with Crippen LogP contribution in [0.4, 0.5) is 5.69 Å². The number of hydrogen-bond donors (Lipinski definition) is 2. The van der Waals surface area contributed by atoms with Crippen LogP contribution in [-0.4, -0.2) is 59.1 Å². The molecule has 132 valence electrons. The fraction of sp³-hybridized carbons (Fsp3) is 0.412. The minimum atomic E-state index is -0.559. The number of anilines is 1. The maximum Gasteiger partial charge on any atom is 0.272 e. The summed E-state index contributed by atoms with van der Waals surface area (Å²) in [4.78, 5) is 31.9. The van der Waals surface area contributed by atoms with Gasteiger partial charge in [-0.2, -0.15) is 5.10 Å². The third-order valence-corrected chi connectivity index (χ3v) is 4.48. The van der Waals surface area contributed by atoms with Crippen molar-refractivity contribution in [2.24, 2.45) is 5.73 Å². The van der Waals surface area contributed by atoms with Crippen LogP contribution in [-0.2, 0) is 0 Å². The molecule has 1 fully saturated rings. The number of aromatic nitrogens is 3. The number of nitrogens with two attached hydrogens (primary N) is 1. The first-order valence-corrected chi connectivity index (χ1v) is 8.23. The molecule has 1 saturated heterocycles. The number of carbonyl (C=O) groups excluding carboxylic acids is 2. The van der Waals surface area contributed by atoms with Crippen LogP contribution in [0.5, 0.6) is 0 Å². The lowest BCUT2D eigenvalue weighted by Gasteiger charge is -2.32. The molecule has 2 amide bonds. The summed E-state index contributed by atoms with van der Waals surface area (Å²) in [5.41, 5.74) is 7.69. The monoisotopic (exact) mass is 342 g/mol. The molecule has 3 N–H and O–H groups in total. The van der Waals surface area contributed by atoms with Gasteiger partial charge in [-0.1, -0.05) is 0 Å². The number of rotatable bonds is 4. The maximum atomic E-state index is 12.7. The Morgan fingerprint density at radius 3 is 2.72 bits per heavy atom. The second-order valence-corrected chi connectivity index (χ2v) is 6.46. The Labute approximate surface area is 146 Å². The molecule has 3 rings (SSSR count). The molecule has 2 aromatic heterocycles. The van der Waals surface area contributed by atoms with Crippen molar-refractivity contribution < 1.29 is 9.59 Å². The molecule has 2 aromatic rings. The molecule has 0 spiro atoms. The van der Waals surface area contributed by atoms with Crippen molar-refractivity contribution in [3.8, 4) is 0 Å². The topological polar surface area (TPSA) is 108 Å². The Kier molecular flexibility index (Phi) is 4.69. The molecular formula is C17H22N6O2. The SMILES string of the molecule is CN(C)c1ccc(C(=O)N2CCCC(c3cc(C(N)=O)n[nH]3)C2)nc1. The van der Waals surface area contributed by atoms with Crippen LogP contribution < -0.4 is 10.6 Å². The average Bonchev–Trinajstić information content (AvgIpc) is 3.12. The standard InChI is InChI=1S/C17H22N6O2/c1-22(2)12-5-6-13(19-9-12)17(25)23-7-3-4-11(10-23)14-8-15(16(18)24)21-20-14/h5-6,8-9,11H,3-4,7,10H2,1-2H3,(H2,18,24)(H,20,21). The Balaban J connectivity index is 1.71. The summed E-state index contributed by atoms with van der Waals surface area (Å²) in [6.07, 6.45) is 3.51. The smallest absolute Gasteiger partial charge is 0.272 e. The van der Waals surface area contributed by atoms with Crippen LogP contribution in [0.2, 0.25) is 0 Å². The highest BCUT2D eigenvalue weighted by Gasteiger charge is 2.27. The first-order valence-electron chi connectivity index (χ1n) is 8.23. The van der Waals surface area contributed by atoms with E-state index in [2.05, 4.69) is 15.2 Å². The fourth-order valence-corrected chi connectivity index (χ4v) is 3.03. The van der Waals surface area contributed by atoms with Gasteiger partial charge < -0.3 is 15.5 Å². The van der Waals surface area contributed by atoms with E-state index in [-0.39, 0.29) is 17.5 Å². The number of H-pyrrole nitrogens is 1. The van der Waals surface area contributed by atoms with Gasteiger partial charge in [-0.3, -0.25) is 14.7 Å². The zero-order chi connectivity index (χ0) is 18.0. The van der Waals surface area contributed by atoms with Gasteiger partial charge in [0.15, 0.2) is 0 Å². The lowest BCUT2D eigenvalue weighted by Crippen LogP contribution is -2.39. The molecule has 0 bridgehead atoms. The molecule has 0 aromatic carbocycles. The number of amides is 2. The summed E-state index contributed by atoms with van der Waals surface area (Å²) in [5, 5.41) is 6.79. The van der Waals surface area contributed by atoms with Crippen LogP contribution in [0.25, 0.3) is 0 Å². The van der Waals surface area contributed by atoms with E-state index in [0.29, 0.717) is 18.8 Å². The molecule has 3 heterocycles. The van der Waals surface area contributed by atoms with Crippen molar-refractivity contribution in [1.29, 1.82) is 0 Å². The number of nitrogens with one attached hydrogen (secondary N) is 1. The molecule has 0 radical (unpaired) electrons. The second-order valence-electron chi connectivity index (χ2n) is 6.46. The van der Waals surface area contributed by atoms with Crippen molar-refractivity contribution in [2.75, 3.05) is 32.1 Å². The average molecular weight is 342 g/mol. The number of aromatic amines is 1. The quantitative estimate of drug-likeness (QED) is 0.861. The molecule has 0 saturated carbocycles. The van der Waals surface area contributed by atoms with Gasteiger partial charge in [0, 0.05) is 38.8 Å². The van der Waals surface area contributed by atoms with Gasteiger partial charge >= 0.3 is 0 Å². The summed E-state index contributed by atoms with van der Waals surface area (Å²) >= 11 is 0. The minimum Gasteiger partial charge on any atom is -0.376 e. The zero-order valence-corrected chi connectivity index (χ0v) is 14.4. The van der Waals surface area contributed by atoms with Crippen LogP contribution >= 0.6 is 0 Å². The highest BCUT2D eigenvalue weighted by molar-refractivity contribution is 5.92. The highest BCUT2D eigenvalue weighted by atomic mass is 16.2. The lowest BCUT2D eigenvalue weighted by molar-refractivity contribution is 0.0699. The Bertz CT molecular complexity index is 768. The van der Waals surface area contributed by atoms with Crippen LogP contribution in [0, 0.1) is 0 Å². The Morgan fingerprint density at radius 1 is 1.32 bits per heavy atom. The molecule has 25 heavy (non-hydrogen) atoms. The van der Waals surface area contributed by atoms with E-state index in [1.54, 1.807) is 23.2 Å². The first-order chi connectivity index (χ1) is 12.0. The number of pyridine rings is 1. The van der Waals surface area contributed by atoms with E-state index in [9.17, 15) is 9.59 Å². The molecule has 0 aliphatic carbocycles. The van der Waals surface area contributed by atoms with Crippen LogP contribution in [0.15, 0.2) is 24.4 Å². The molecule has 8 heteroatoms. The van der Waals surface area contributed by atoms with Crippen LogP contribution in [0.3, 0.4) is 0 Å². The van der Waals surface area contributed by atoms with Gasteiger partial charge in [0.05, 0.1) is 11.9 Å². The summed E-state index contributed by atoms with van der Waals surface area (Å²) < 4.78 is 0. The Hall–Kier alpha value is -2.90. The van der Waals surface area contributed by atoms with E-state index < -0.39 is 5.91 Å². The summed E-state index contributed by atoms with van der Waals surface area (Å²) in [7, 11) is 3.86. The maximum absolute atomic E-state index is 12.7. The molecule has 1 aliphatic heterocycles. The van der Waals surface area contributed by atoms with E-state index >= 15 is 0 Å². The molecule has 1 aliphatic rings. The van der Waals surface area contributed by atoms with Gasteiger partial charge in [0.2, 0.25) is 0 Å². The third-order valence-electron chi connectivity index (χ3n) is 4.48. The van der Waals surface area contributed by atoms with Crippen molar-refractivity contribution in [2.45, 2.75) is 18.8 Å². The van der Waals surface area contributed by atoms with Gasteiger partial charge in [0.1, 0.15) is 11.4 Å². The zero-order valence-electron chi connectivity index (χ0n) is 14.4. The van der Waals surface area contributed by atoms with Gasteiger partial charge in [-0.05, 0) is 31.0 Å². The predicted molar refractivity (Wildman–Crippen MR) is 93.5 cm³/mol. The number of primary amides is 1. The highest BCUT2D eigenvalue weighted by Crippen LogP contribution is 2.27. The minimum absolute atomic E-state index is 0.0790. The van der Waals surface area contributed by atoms with E-state index in [1.807, 2.05) is 25.1 Å². The largest absolute Gasteiger partial charge is 0.376 e. The van der Waals surface area contributed by atoms with Gasteiger partial charge in [-0.25, -0.2) is 4.98 Å². The lowest BCUT2D eigenvalue weighted by atomic mass is 9.94. The van der Waals surface area contributed by atoms with E-state index in [1.165, 1.54) is 0 Å². The third kappa shape index (κ3) is 3.62. The molecular weight excluding hydrogens is 320 g/mol. The van der Waals surface area contributed by atoms with E-state index in [4.69, 9.17) is 5.73 Å². The Morgan fingerprint density at radius 2 is 2.12 bits per heavy atom. The van der Waals surface area contributed by atoms with Gasteiger partial charge in [-0.15, -0.1) is 0 Å². The summed E-state index contributed by atoms with van der Waals surface area (Å²) in [6.45, 7) is 1.26. The molecule has 1 atom stereocenters. The van der Waals surface area contributed by atoms with Crippen molar-refractivity contribution in [3.05, 3.63) is 41.5 Å². The van der Waals surface area contributed by atoms with Gasteiger partial charge in [0.25, 0.3) is 11.8 Å². The number of likely N-dealkylation sites (tertiary alicyclic amines) is 1. The number of hydrogen-bond acceptors (Lipinski definition) is 5. The number of piperidine rings is 1.